The van der Waals surface area contributed by atoms with E-state index in [1.807, 2.05) is 0 Å². The molecule has 1 amide bonds. The third-order valence-electron chi connectivity index (χ3n) is 2.24. The number of Topliss-reactive ketones (excluding diaryl/α,β-unsaturated/α-hetero) is 1. The molecule has 2 rings (SSSR count). The zero-order valence-corrected chi connectivity index (χ0v) is 9.12. The van der Waals surface area contributed by atoms with Crippen LogP contribution in [0.4, 0.5) is 0 Å². The molecule has 17 heavy (non-hydrogen) atoms. The number of primary amides is 1. The maximum absolute atomic E-state index is 11.0. The van der Waals surface area contributed by atoms with Crippen LogP contribution in [0.5, 0.6) is 0 Å². The second-order valence-corrected chi connectivity index (χ2v) is 3.50. The summed E-state index contributed by atoms with van der Waals surface area (Å²) < 4.78 is 1.47. The summed E-state index contributed by atoms with van der Waals surface area (Å²) in [6.45, 7) is 1.45. The maximum Gasteiger partial charge on any atom is 0.251 e. The Bertz CT molecular complexity index is 571. The summed E-state index contributed by atoms with van der Waals surface area (Å²) in [4.78, 5) is 25.9. The third-order valence-corrected chi connectivity index (χ3v) is 2.24. The van der Waals surface area contributed by atoms with Gasteiger partial charge >= 0.3 is 0 Å². The maximum atomic E-state index is 11.0. The van der Waals surface area contributed by atoms with Crippen molar-refractivity contribution in [2.24, 2.45) is 5.73 Å². The Hall–Kier alpha value is -2.50. The normalized spacial score (nSPS) is 10.2. The monoisotopic (exact) mass is 230 g/mol. The van der Waals surface area contributed by atoms with Gasteiger partial charge in [0.2, 0.25) is 0 Å². The van der Waals surface area contributed by atoms with Gasteiger partial charge in [0.05, 0.1) is 23.6 Å². The Morgan fingerprint density at radius 1 is 1.29 bits per heavy atom. The number of rotatable bonds is 3. The van der Waals surface area contributed by atoms with E-state index in [4.69, 9.17) is 5.73 Å². The first kappa shape index (κ1) is 11.0. The molecule has 0 aliphatic carbocycles. The number of ketones is 1. The van der Waals surface area contributed by atoms with Crippen LogP contribution in [0.1, 0.15) is 27.8 Å². The molecule has 6 nitrogen and oxygen atoms in total. The van der Waals surface area contributed by atoms with Gasteiger partial charge < -0.3 is 5.73 Å². The fourth-order valence-corrected chi connectivity index (χ4v) is 1.32. The highest BCUT2D eigenvalue weighted by atomic mass is 16.1. The van der Waals surface area contributed by atoms with Gasteiger partial charge in [-0.15, -0.1) is 0 Å². The minimum Gasteiger partial charge on any atom is -0.366 e. The van der Waals surface area contributed by atoms with Crippen molar-refractivity contribution in [3.05, 3.63) is 42.0 Å². The van der Waals surface area contributed by atoms with E-state index in [9.17, 15) is 9.59 Å². The van der Waals surface area contributed by atoms with E-state index < -0.39 is 5.91 Å². The number of carbonyl (C=O) groups excluding carboxylic acids is 2. The highest BCUT2D eigenvalue weighted by molar-refractivity contribution is 5.92. The fraction of sp³-hybridized carbons (Fsp3) is 0.0909. The van der Waals surface area contributed by atoms with E-state index in [2.05, 4.69) is 10.1 Å². The average molecular weight is 230 g/mol. The number of nitrogens with two attached hydrogens (primary N) is 1. The molecule has 0 aromatic carbocycles. The molecule has 6 heteroatoms. The summed E-state index contributed by atoms with van der Waals surface area (Å²) in [6, 6.07) is 3.30. The van der Waals surface area contributed by atoms with E-state index in [-0.39, 0.29) is 5.78 Å². The van der Waals surface area contributed by atoms with E-state index in [0.717, 1.165) is 0 Å². The minimum absolute atomic E-state index is 0.102. The summed E-state index contributed by atoms with van der Waals surface area (Å²) in [7, 11) is 0. The molecule has 2 N–H and O–H groups in total. The van der Waals surface area contributed by atoms with Crippen molar-refractivity contribution in [2.75, 3.05) is 0 Å². The number of hydrogen-bond donors (Lipinski definition) is 1. The van der Waals surface area contributed by atoms with Crippen molar-refractivity contribution in [1.82, 2.24) is 14.8 Å². The number of amides is 1. The molecular formula is C11H10N4O2. The third kappa shape index (κ3) is 2.20. The molecule has 0 fully saturated rings. The van der Waals surface area contributed by atoms with Gasteiger partial charge in [-0.2, -0.15) is 5.10 Å². The molecule has 0 radical (unpaired) electrons. The van der Waals surface area contributed by atoms with E-state index >= 15 is 0 Å². The fourth-order valence-electron chi connectivity index (χ4n) is 1.32. The standard InChI is InChI=1S/C11H10N4O2/c1-7(16)10-3-2-9(5-13-10)15-6-8(4-14-15)11(12)17/h2-6H,1H3,(H2,12,17). The number of carbonyl (C=O) groups is 2. The molecule has 0 unspecified atom stereocenters. The molecule has 0 saturated carbocycles. The molecule has 0 atom stereocenters. The predicted molar refractivity (Wildman–Crippen MR) is 59.9 cm³/mol. The van der Waals surface area contributed by atoms with Gasteiger partial charge in [0.25, 0.3) is 5.91 Å². The van der Waals surface area contributed by atoms with E-state index in [1.54, 1.807) is 12.1 Å². The van der Waals surface area contributed by atoms with Crippen molar-refractivity contribution in [3.8, 4) is 5.69 Å². The van der Waals surface area contributed by atoms with Gasteiger partial charge in [0.15, 0.2) is 5.78 Å². The molecule has 2 heterocycles. The van der Waals surface area contributed by atoms with Crippen molar-refractivity contribution in [2.45, 2.75) is 6.92 Å². The Labute approximate surface area is 97.1 Å². The Kier molecular flexibility index (Phi) is 2.70. The molecule has 0 aliphatic rings. The number of nitrogens with zero attached hydrogens (tertiary/aromatic N) is 3. The first-order chi connectivity index (χ1) is 8.08. The van der Waals surface area contributed by atoms with Crippen LogP contribution in [-0.2, 0) is 0 Å². The van der Waals surface area contributed by atoms with Crippen molar-refractivity contribution in [1.29, 1.82) is 0 Å². The Morgan fingerprint density at radius 3 is 2.53 bits per heavy atom. The Balaban J connectivity index is 2.33. The molecule has 0 bridgehead atoms. The summed E-state index contributed by atoms with van der Waals surface area (Å²) in [5.74, 6) is -0.639. The number of pyridine rings is 1. The van der Waals surface area contributed by atoms with Crippen LogP contribution in [-0.4, -0.2) is 26.5 Å². The molecule has 0 saturated heterocycles. The van der Waals surface area contributed by atoms with E-state index in [0.29, 0.717) is 16.9 Å². The van der Waals surface area contributed by atoms with Crippen molar-refractivity contribution < 1.29 is 9.59 Å². The lowest BCUT2D eigenvalue weighted by Gasteiger charge is -2.00. The molecule has 86 valence electrons. The molecule has 0 spiro atoms. The summed E-state index contributed by atoms with van der Waals surface area (Å²) >= 11 is 0. The van der Waals surface area contributed by atoms with Crippen LogP contribution in [0, 0.1) is 0 Å². The quantitative estimate of drug-likeness (QED) is 0.780. The van der Waals surface area contributed by atoms with Crippen molar-refractivity contribution in [3.63, 3.8) is 0 Å². The Morgan fingerprint density at radius 2 is 2.06 bits per heavy atom. The molecule has 2 aromatic heterocycles. The van der Waals surface area contributed by atoms with Crippen LogP contribution in [0.25, 0.3) is 5.69 Å². The van der Waals surface area contributed by atoms with Gasteiger partial charge in [-0.05, 0) is 12.1 Å². The summed E-state index contributed by atoms with van der Waals surface area (Å²) in [5.41, 5.74) is 6.48. The predicted octanol–water partition coefficient (Wildman–Crippen LogP) is 0.569. The van der Waals surface area contributed by atoms with Crippen molar-refractivity contribution >= 4 is 11.7 Å². The average Bonchev–Trinajstić information content (AvgIpc) is 2.78. The summed E-state index contributed by atoms with van der Waals surface area (Å²) in [6.07, 6.45) is 4.39. The lowest BCUT2D eigenvalue weighted by Crippen LogP contribution is -2.09. The minimum atomic E-state index is -0.537. The lowest BCUT2D eigenvalue weighted by molar-refractivity contribution is 0.0995. The zero-order chi connectivity index (χ0) is 12.4. The van der Waals surface area contributed by atoms with Crippen LogP contribution in [0.3, 0.4) is 0 Å². The molecule has 0 aliphatic heterocycles. The first-order valence-electron chi connectivity index (χ1n) is 4.90. The molecular weight excluding hydrogens is 220 g/mol. The van der Waals surface area contributed by atoms with Crippen LogP contribution in [0.15, 0.2) is 30.7 Å². The van der Waals surface area contributed by atoms with Gasteiger partial charge in [-0.25, -0.2) is 4.68 Å². The van der Waals surface area contributed by atoms with Crippen LogP contribution in [0.2, 0.25) is 0 Å². The molecule has 2 aromatic rings. The van der Waals surface area contributed by atoms with Gasteiger partial charge in [0, 0.05) is 13.1 Å². The SMILES string of the molecule is CC(=O)c1ccc(-n2cc(C(N)=O)cn2)cn1. The highest BCUT2D eigenvalue weighted by Crippen LogP contribution is 2.08. The highest BCUT2D eigenvalue weighted by Gasteiger charge is 2.06. The van der Waals surface area contributed by atoms with Gasteiger partial charge in [0.1, 0.15) is 5.69 Å². The summed E-state index contributed by atoms with van der Waals surface area (Å²) in [5, 5.41) is 3.97. The number of hydrogen-bond acceptors (Lipinski definition) is 4. The largest absolute Gasteiger partial charge is 0.366 e. The first-order valence-corrected chi connectivity index (χ1v) is 4.90. The lowest BCUT2D eigenvalue weighted by atomic mass is 10.2. The van der Waals surface area contributed by atoms with E-state index in [1.165, 1.54) is 30.2 Å². The topological polar surface area (TPSA) is 90.9 Å². The second kappa shape index (κ2) is 4.17. The van der Waals surface area contributed by atoms with Crippen LogP contribution >= 0.6 is 0 Å². The van der Waals surface area contributed by atoms with Gasteiger partial charge in [-0.1, -0.05) is 0 Å². The number of aromatic nitrogens is 3. The zero-order valence-electron chi connectivity index (χ0n) is 9.12. The smallest absolute Gasteiger partial charge is 0.251 e. The van der Waals surface area contributed by atoms with Crippen LogP contribution < -0.4 is 5.73 Å². The second-order valence-electron chi connectivity index (χ2n) is 3.50. The van der Waals surface area contributed by atoms with Gasteiger partial charge in [-0.3, -0.25) is 14.6 Å².